The Morgan fingerprint density at radius 3 is 2.42 bits per heavy atom. The van der Waals surface area contributed by atoms with E-state index in [2.05, 4.69) is 33.0 Å². The lowest BCUT2D eigenvalue weighted by Crippen LogP contribution is -2.54. The lowest BCUT2D eigenvalue weighted by atomic mass is 9.76. The first-order valence-corrected chi connectivity index (χ1v) is 13.7. The first-order chi connectivity index (χ1) is 14.6. The van der Waals surface area contributed by atoms with Crippen molar-refractivity contribution in [1.29, 1.82) is 0 Å². The van der Waals surface area contributed by atoms with Crippen LogP contribution in [0.25, 0.3) is 0 Å². The van der Waals surface area contributed by atoms with Gasteiger partial charge >= 0.3 is 0 Å². The molecule has 0 spiro atoms. The summed E-state index contributed by atoms with van der Waals surface area (Å²) in [5.41, 5.74) is 0.682. The van der Waals surface area contributed by atoms with Gasteiger partial charge in [-0.1, -0.05) is 43.5 Å². The minimum atomic E-state index is -3.35. The van der Waals surface area contributed by atoms with E-state index in [9.17, 15) is 8.42 Å². The molecule has 3 saturated carbocycles. The molecule has 172 valence electrons. The number of benzene rings is 1. The summed E-state index contributed by atoms with van der Waals surface area (Å²) in [7, 11) is -3.35. The van der Waals surface area contributed by atoms with Crippen LogP contribution in [0.5, 0.6) is 0 Å². The fourth-order valence-electron chi connectivity index (χ4n) is 5.56. The number of sulfonamides is 1. The number of aliphatic imine (C=N–C) groups is 1. The summed E-state index contributed by atoms with van der Waals surface area (Å²) in [5, 5.41) is 4.31. The second-order valence-corrected chi connectivity index (χ2v) is 12.8. The number of fused-ring (bicyclic) bond motifs is 1. The van der Waals surface area contributed by atoms with Crippen molar-refractivity contribution < 1.29 is 8.42 Å². The molecule has 3 fully saturated rings. The first kappa shape index (κ1) is 23.1. The standard InChI is InChI=1S/C24H36ClN3O2S/c1-5-6-7-12-31(29,30)28(16-18-8-10-20(25)11-9-18)24-13-19(14-24)21(15-24)22-26-17(2)23(3,4)27-22/h8-11,17,19,21H,5-7,12-16H2,1-4H3,(H,26,27)/t17-,19?,21-,24?/m0/s1. The average molecular weight is 466 g/mol. The van der Waals surface area contributed by atoms with E-state index in [1.807, 2.05) is 28.6 Å². The molecule has 31 heavy (non-hydrogen) atoms. The molecule has 1 N–H and O–H groups in total. The normalized spacial score (nSPS) is 31.4. The Kier molecular flexibility index (Phi) is 6.21. The molecule has 5 rings (SSSR count). The Morgan fingerprint density at radius 1 is 1.16 bits per heavy atom. The zero-order valence-corrected chi connectivity index (χ0v) is 20.8. The van der Waals surface area contributed by atoms with E-state index in [-0.39, 0.29) is 22.9 Å². The monoisotopic (exact) mass is 465 g/mol. The van der Waals surface area contributed by atoms with E-state index < -0.39 is 10.0 Å². The summed E-state index contributed by atoms with van der Waals surface area (Å²) in [4.78, 5) is 4.93. The zero-order valence-electron chi connectivity index (χ0n) is 19.2. The molecular formula is C24H36ClN3O2S. The maximum absolute atomic E-state index is 13.5. The third kappa shape index (κ3) is 4.40. The molecule has 1 aliphatic heterocycles. The summed E-state index contributed by atoms with van der Waals surface area (Å²) >= 11 is 6.06. The Labute approximate surface area is 192 Å². The van der Waals surface area contributed by atoms with Gasteiger partial charge in [-0.2, -0.15) is 4.31 Å². The van der Waals surface area contributed by atoms with Crippen LogP contribution in [-0.2, 0) is 16.6 Å². The topological polar surface area (TPSA) is 61.8 Å². The van der Waals surface area contributed by atoms with Crippen LogP contribution in [0.2, 0.25) is 5.02 Å². The number of unbranched alkanes of at least 4 members (excludes halogenated alkanes) is 2. The van der Waals surface area contributed by atoms with Crippen molar-refractivity contribution in [3.63, 3.8) is 0 Å². The highest BCUT2D eigenvalue weighted by Crippen LogP contribution is 2.60. The number of halogens is 1. The summed E-state index contributed by atoms with van der Waals surface area (Å²) in [6.07, 6.45) is 5.43. The maximum atomic E-state index is 13.5. The molecule has 1 heterocycles. The predicted octanol–water partition coefficient (Wildman–Crippen LogP) is 5.00. The van der Waals surface area contributed by atoms with E-state index >= 15 is 0 Å². The highest BCUT2D eigenvalue weighted by Gasteiger charge is 2.63. The maximum Gasteiger partial charge on any atom is 0.214 e. The average Bonchev–Trinajstić information content (AvgIpc) is 3.31. The second kappa shape index (κ2) is 8.35. The molecule has 2 bridgehead atoms. The minimum absolute atomic E-state index is 0.0370. The highest BCUT2D eigenvalue weighted by atomic mass is 35.5. The number of hydrogen-bond donors (Lipinski definition) is 1. The van der Waals surface area contributed by atoms with Gasteiger partial charge in [-0.25, -0.2) is 8.42 Å². The van der Waals surface area contributed by atoms with Gasteiger partial charge in [0.2, 0.25) is 10.0 Å². The lowest BCUT2D eigenvalue weighted by Gasteiger charge is -2.46. The van der Waals surface area contributed by atoms with Gasteiger partial charge in [0.15, 0.2) is 0 Å². The molecule has 7 heteroatoms. The summed E-state index contributed by atoms with van der Waals surface area (Å²) in [6, 6.07) is 7.82. The van der Waals surface area contributed by atoms with Crippen molar-refractivity contribution >= 4 is 27.5 Å². The van der Waals surface area contributed by atoms with E-state index in [0.717, 1.165) is 49.9 Å². The molecule has 5 nitrogen and oxygen atoms in total. The van der Waals surface area contributed by atoms with E-state index in [1.54, 1.807) is 0 Å². The third-order valence-electron chi connectivity index (χ3n) is 7.74. The van der Waals surface area contributed by atoms with Crippen LogP contribution >= 0.6 is 11.6 Å². The van der Waals surface area contributed by atoms with Gasteiger partial charge in [0, 0.05) is 23.0 Å². The molecular weight excluding hydrogens is 430 g/mol. The van der Waals surface area contributed by atoms with Gasteiger partial charge < -0.3 is 5.32 Å². The Morgan fingerprint density at radius 2 is 1.84 bits per heavy atom. The molecule has 0 radical (unpaired) electrons. The van der Waals surface area contributed by atoms with Gasteiger partial charge in [0.1, 0.15) is 5.84 Å². The molecule has 0 amide bonds. The van der Waals surface area contributed by atoms with Crippen LogP contribution in [-0.4, -0.2) is 41.4 Å². The van der Waals surface area contributed by atoms with Crippen LogP contribution in [0.1, 0.15) is 71.8 Å². The number of amidine groups is 1. The Hall–Kier alpha value is -1.11. The number of nitrogens with one attached hydrogen (secondary N) is 1. The van der Waals surface area contributed by atoms with Gasteiger partial charge in [-0.15, -0.1) is 0 Å². The zero-order chi connectivity index (χ0) is 22.4. The smallest absolute Gasteiger partial charge is 0.214 e. The van der Waals surface area contributed by atoms with E-state index in [0.29, 0.717) is 23.4 Å². The number of rotatable bonds is 9. The van der Waals surface area contributed by atoms with E-state index in [4.69, 9.17) is 16.6 Å². The quantitative estimate of drug-likeness (QED) is 0.522. The van der Waals surface area contributed by atoms with Crippen molar-refractivity contribution in [3.8, 4) is 0 Å². The van der Waals surface area contributed by atoms with Gasteiger partial charge in [0.05, 0.1) is 17.3 Å². The molecule has 1 aromatic carbocycles. The van der Waals surface area contributed by atoms with Crippen LogP contribution < -0.4 is 5.32 Å². The van der Waals surface area contributed by atoms with Crippen LogP contribution in [0.15, 0.2) is 29.3 Å². The second-order valence-electron chi connectivity index (χ2n) is 10.4. The highest BCUT2D eigenvalue weighted by molar-refractivity contribution is 7.89. The molecule has 3 aliphatic carbocycles. The van der Waals surface area contributed by atoms with Crippen molar-refractivity contribution in [2.75, 3.05) is 5.75 Å². The number of nitrogens with zero attached hydrogens (tertiary/aromatic N) is 2. The van der Waals surface area contributed by atoms with Gasteiger partial charge in [-0.3, -0.25) is 4.99 Å². The van der Waals surface area contributed by atoms with Crippen molar-refractivity contribution in [1.82, 2.24) is 9.62 Å². The molecule has 1 aromatic rings. The summed E-state index contributed by atoms with van der Waals surface area (Å²) in [6.45, 7) is 9.06. The molecule has 0 aromatic heterocycles. The van der Waals surface area contributed by atoms with Crippen LogP contribution in [0.3, 0.4) is 0 Å². The molecule has 4 aliphatic rings. The summed E-state index contributed by atoms with van der Waals surface area (Å²) in [5.74, 6) is 2.18. The number of hydrogen-bond acceptors (Lipinski definition) is 4. The molecule has 0 saturated heterocycles. The van der Waals surface area contributed by atoms with Crippen LogP contribution in [0, 0.1) is 11.8 Å². The first-order valence-electron chi connectivity index (χ1n) is 11.7. The third-order valence-corrected chi connectivity index (χ3v) is 9.99. The molecule has 0 unspecified atom stereocenters. The van der Waals surface area contributed by atoms with Crippen LogP contribution in [0.4, 0.5) is 0 Å². The van der Waals surface area contributed by atoms with Crippen molar-refractivity contribution in [3.05, 3.63) is 34.9 Å². The Balaban J connectivity index is 1.57. The van der Waals surface area contributed by atoms with Crippen molar-refractivity contribution in [2.45, 2.75) is 89.9 Å². The Bertz CT molecular complexity index is 936. The SMILES string of the molecule is CCCCCS(=O)(=O)N(Cc1ccc(Cl)cc1)C12CC(C1)[C@@H](C1=N[C@@H](C)C(C)(C)N1)C2. The van der Waals surface area contributed by atoms with Gasteiger partial charge in [0.25, 0.3) is 0 Å². The lowest BCUT2D eigenvalue weighted by molar-refractivity contribution is 0.0912. The fraction of sp³-hybridized carbons (Fsp3) is 0.708. The largest absolute Gasteiger partial charge is 0.367 e. The summed E-state index contributed by atoms with van der Waals surface area (Å²) < 4.78 is 28.9. The molecule has 2 atom stereocenters. The fourth-order valence-corrected chi connectivity index (χ4v) is 7.63. The van der Waals surface area contributed by atoms with Gasteiger partial charge in [-0.05, 0) is 70.1 Å². The van der Waals surface area contributed by atoms with E-state index in [1.165, 1.54) is 0 Å². The predicted molar refractivity (Wildman–Crippen MR) is 128 cm³/mol. The van der Waals surface area contributed by atoms with Crippen molar-refractivity contribution in [2.24, 2.45) is 16.8 Å². The minimum Gasteiger partial charge on any atom is -0.367 e.